The summed E-state index contributed by atoms with van der Waals surface area (Å²) in [6.45, 7) is 4.21. The van der Waals surface area contributed by atoms with Crippen LogP contribution < -0.4 is 0 Å². The maximum atomic E-state index is 10.7. The Labute approximate surface area is 83.4 Å². The molecule has 4 heteroatoms. The number of hydrogen-bond donors (Lipinski definition) is 0. The van der Waals surface area contributed by atoms with E-state index < -0.39 is 0 Å². The standard InChI is InChI=1S/C9H17NO2S/c1-7(2)13-9-6-4-3-5-8(9)10(11)12/h7-9H,3-6H2,1-2H3. The molecule has 0 aromatic carbocycles. The molecule has 0 spiro atoms. The highest BCUT2D eigenvalue weighted by molar-refractivity contribution is 8.00. The van der Waals surface area contributed by atoms with Crippen molar-refractivity contribution in [2.45, 2.75) is 56.1 Å². The smallest absolute Gasteiger partial charge is 0.224 e. The third-order valence-corrected chi connectivity index (χ3v) is 3.83. The van der Waals surface area contributed by atoms with Gasteiger partial charge in [-0.25, -0.2) is 0 Å². The number of rotatable bonds is 3. The topological polar surface area (TPSA) is 43.1 Å². The first-order valence-corrected chi connectivity index (χ1v) is 5.84. The van der Waals surface area contributed by atoms with Crippen LogP contribution in [0, 0.1) is 10.1 Å². The molecule has 0 saturated heterocycles. The number of nitro groups is 1. The van der Waals surface area contributed by atoms with Crippen LogP contribution in [-0.2, 0) is 0 Å². The summed E-state index contributed by atoms with van der Waals surface area (Å²) >= 11 is 1.77. The van der Waals surface area contributed by atoms with Crippen LogP contribution >= 0.6 is 11.8 Å². The van der Waals surface area contributed by atoms with Crippen LogP contribution in [-0.4, -0.2) is 21.5 Å². The van der Waals surface area contributed by atoms with E-state index in [4.69, 9.17) is 0 Å². The predicted molar refractivity (Wildman–Crippen MR) is 55.8 cm³/mol. The van der Waals surface area contributed by atoms with Gasteiger partial charge in [-0.2, -0.15) is 0 Å². The third-order valence-electron chi connectivity index (χ3n) is 2.39. The number of nitrogens with zero attached hydrogens (tertiary/aromatic N) is 1. The minimum atomic E-state index is -0.291. The highest BCUT2D eigenvalue weighted by atomic mass is 32.2. The Hall–Kier alpha value is -0.250. The van der Waals surface area contributed by atoms with E-state index in [1.165, 1.54) is 0 Å². The second kappa shape index (κ2) is 4.84. The van der Waals surface area contributed by atoms with Gasteiger partial charge in [0, 0.05) is 11.3 Å². The second-order valence-electron chi connectivity index (χ2n) is 3.86. The Morgan fingerprint density at radius 3 is 2.54 bits per heavy atom. The van der Waals surface area contributed by atoms with Gasteiger partial charge in [-0.1, -0.05) is 20.3 Å². The molecule has 1 aliphatic carbocycles. The monoisotopic (exact) mass is 203 g/mol. The molecule has 1 aliphatic rings. The van der Waals surface area contributed by atoms with E-state index in [1.807, 2.05) is 0 Å². The summed E-state index contributed by atoms with van der Waals surface area (Å²) in [7, 11) is 0. The summed E-state index contributed by atoms with van der Waals surface area (Å²) in [6.07, 6.45) is 3.99. The maximum Gasteiger partial charge on any atom is 0.224 e. The van der Waals surface area contributed by atoms with Gasteiger partial charge in [0.25, 0.3) is 0 Å². The van der Waals surface area contributed by atoms with Crippen LogP contribution in [0.15, 0.2) is 0 Å². The summed E-state index contributed by atoms with van der Waals surface area (Å²) in [5.41, 5.74) is 0. The first kappa shape index (κ1) is 10.8. The zero-order valence-corrected chi connectivity index (χ0v) is 9.05. The van der Waals surface area contributed by atoms with E-state index >= 15 is 0 Å². The Morgan fingerprint density at radius 1 is 1.38 bits per heavy atom. The van der Waals surface area contributed by atoms with Crippen molar-refractivity contribution in [3.05, 3.63) is 10.1 Å². The number of thioether (sulfide) groups is 1. The van der Waals surface area contributed by atoms with Gasteiger partial charge in [-0.3, -0.25) is 10.1 Å². The van der Waals surface area contributed by atoms with E-state index in [9.17, 15) is 10.1 Å². The van der Waals surface area contributed by atoms with Crippen molar-refractivity contribution < 1.29 is 4.92 Å². The molecular formula is C9H17NO2S. The molecule has 2 unspecified atom stereocenters. The minimum Gasteiger partial charge on any atom is -0.264 e. The Kier molecular flexibility index (Phi) is 4.03. The van der Waals surface area contributed by atoms with Crippen molar-refractivity contribution >= 4 is 11.8 Å². The van der Waals surface area contributed by atoms with Gasteiger partial charge in [-0.15, -0.1) is 11.8 Å². The largest absolute Gasteiger partial charge is 0.264 e. The first-order valence-electron chi connectivity index (χ1n) is 4.90. The highest BCUT2D eigenvalue weighted by Crippen LogP contribution is 2.32. The van der Waals surface area contributed by atoms with Crippen LogP contribution in [0.4, 0.5) is 0 Å². The van der Waals surface area contributed by atoms with Crippen LogP contribution in [0.2, 0.25) is 0 Å². The molecule has 1 rings (SSSR count). The van der Waals surface area contributed by atoms with E-state index in [0.717, 1.165) is 25.7 Å². The molecule has 0 heterocycles. The van der Waals surface area contributed by atoms with Gasteiger partial charge < -0.3 is 0 Å². The molecule has 0 aromatic heterocycles. The summed E-state index contributed by atoms with van der Waals surface area (Å²) < 4.78 is 0. The average Bonchev–Trinajstić information content (AvgIpc) is 2.03. The van der Waals surface area contributed by atoms with Gasteiger partial charge in [0.15, 0.2) is 0 Å². The molecule has 0 amide bonds. The van der Waals surface area contributed by atoms with Gasteiger partial charge >= 0.3 is 0 Å². The lowest BCUT2D eigenvalue weighted by Gasteiger charge is -2.26. The van der Waals surface area contributed by atoms with Crippen molar-refractivity contribution in [2.75, 3.05) is 0 Å². The molecule has 13 heavy (non-hydrogen) atoms. The van der Waals surface area contributed by atoms with Crippen molar-refractivity contribution in [1.29, 1.82) is 0 Å². The molecular weight excluding hydrogens is 186 g/mol. The molecule has 0 aromatic rings. The lowest BCUT2D eigenvalue weighted by atomic mass is 9.95. The fourth-order valence-electron chi connectivity index (χ4n) is 1.83. The fourth-order valence-corrected chi connectivity index (χ4v) is 3.25. The van der Waals surface area contributed by atoms with Crippen LogP contribution in [0.3, 0.4) is 0 Å². The summed E-state index contributed by atoms with van der Waals surface area (Å²) in [4.78, 5) is 10.7. The van der Waals surface area contributed by atoms with Crippen LogP contribution in [0.1, 0.15) is 39.5 Å². The second-order valence-corrected chi connectivity index (χ2v) is 5.68. The zero-order chi connectivity index (χ0) is 9.84. The van der Waals surface area contributed by atoms with Gasteiger partial charge in [0.1, 0.15) is 0 Å². The Balaban J connectivity index is 2.51. The van der Waals surface area contributed by atoms with E-state index in [0.29, 0.717) is 5.25 Å². The van der Waals surface area contributed by atoms with Crippen LogP contribution in [0.25, 0.3) is 0 Å². The molecule has 0 bridgehead atoms. The molecule has 1 saturated carbocycles. The summed E-state index contributed by atoms with van der Waals surface area (Å²) in [5, 5.41) is 11.5. The molecule has 0 aliphatic heterocycles. The minimum absolute atomic E-state index is 0.0841. The highest BCUT2D eigenvalue weighted by Gasteiger charge is 2.34. The molecule has 3 nitrogen and oxygen atoms in total. The van der Waals surface area contributed by atoms with Crippen LogP contribution in [0.5, 0.6) is 0 Å². The van der Waals surface area contributed by atoms with E-state index in [1.54, 1.807) is 11.8 Å². The zero-order valence-electron chi connectivity index (χ0n) is 8.23. The molecule has 76 valence electrons. The first-order chi connectivity index (χ1) is 6.11. The van der Waals surface area contributed by atoms with Gasteiger partial charge in [-0.05, 0) is 18.1 Å². The molecule has 1 fully saturated rings. The molecule has 2 atom stereocenters. The van der Waals surface area contributed by atoms with Crippen molar-refractivity contribution in [3.8, 4) is 0 Å². The van der Waals surface area contributed by atoms with Crippen molar-refractivity contribution in [3.63, 3.8) is 0 Å². The lowest BCUT2D eigenvalue weighted by molar-refractivity contribution is -0.524. The maximum absolute atomic E-state index is 10.7. The lowest BCUT2D eigenvalue weighted by Crippen LogP contribution is -2.35. The third kappa shape index (κ3) is 3.18. The van der Waals surface area contributed by atoms with E-state index in [2.05, 4.69) is 13.8 Å². The molecule has 0 radical (unpaired) electrons. The summed E-state index contributed by atoms with van der Waals surface area (Å²) in [5.74, 6) is 0. The van der Waals surface area contributed by atoms with Gasteiger partial charge in [0.2, 0.25) is 6.04 Å². The van der Waals surface area contributed by atoms with Crippen molar-refractivity contribution in [2.24, 2.45) is 0 Å². The number of hydrogen-bond acceptors (Lipinski definition) is 3. The predicted octanol–water partition coefficient (Wildman–Crippen LogP) is 2.72. The van der Waals surface area contributed by atoms with Crippen molar-refractivity contribution in [1.82, 2.24) is 0 Å². The summed E-state index contributed by atoms with van der Waals surface area (Å²) in [6, 6.07) is -0.291. The Morgan fingerprint density at radius 2 is 2.00 bits per heavy atom. The SMILES string of the molecule is CC(C)SC1CCCCC1[N+](=O)[O-]. The normalized spacial score (nSPS) is 29.2. The van der Waals surface area contributed by atoms with E-state index in [-0.39, 0.29) is 16.2 Å². The quantitative estimate of drug-likeness (QED) is 0.523. The molecule has 0 N–H and O–H groups in total. The fraction of sp³-hybridized carbons (Fsp3) is 1.00. The van der Waals surface area contributed by atoms with Gasteiger partial charge in [0.05, 0.1) is 5.25 Å². The Bertz CT molecular complexity index is 184. The average molecular weight is 203 g/mol.